The van der Waals surface area contributed by atoms with Crippen LogP contribution in [0.2, 0.25) is 5.02 Å². The molecular formula is C19H13ClF2N2O3S. The zero-order valence-corrected chi connectivity index (χ0v) is 16.3. The van der Waals surface area contributed by atoms with Gasteiger partial charge in [0.15, 0.2) is 17.2 Å². The number of fused-ring (bicyclic) bond motifs is 1. The number of anilines is 1. The Morgan fingerprint density at radius 1 is 1.14 bits per heavy atom. The predicted molar refractivity (Wildman–Crippen MR) is 103 cm³/mol. The maximum Gasteiger partial charge on any atom is 0.586 e. The van der Waals surface area contributed by atoms with Gasteiger partial charge in [-0.25, -0.2) is 0 Å². The Labute approximate surface area is 168 Å². The number of carbonyl (C=O) groups is 1. The van der Waals surface area contributed by atoms with Crippen molar-refractivity contribution < 1.29 is 23.0 Å². The lowest BCUT2D eigenvalue weighted by atomic mass is 9.99. The van der Waals surface area contributed by atoms with Gasteiger partial charge in [-0.05, 0) is 66.3 Å². The summed E-state index contributed by atoms with van der Waals surface area (Å²) in [5, 5.41) is 3.07. The number of nitrogens with zero attached hydrogens (tertiary/aromatic N) is 1. The highest BCUT2D eigenvalue weighted by atomic mass is 35.5. The number of hydrogen-bond acceptors (Lipinski definition) is 5. The molecule has 1 N–H and O–H groups in total. The first-order chi connectivity index (χ1) is 13.2. The Balaban J connectivity index is 1.56. The summed E-state index contributed by atoms with van der Waals surface area (Å²) >= 11 is 7.23. The van der Waals surface area contributed by atoms with Crippen LogP contribution in [0.25, 0.3) is 11.1 Å². The van der Waals surface area contributed by atoms with Gasteiger partial charge in [-0.2, -0.15) is 4.37 Å². The minimum Gasteiger partial charge on any atom is -0.395 e. The lowest BCUT2D eigenvalue weighted by molar-refractivity contribution is -0.286. The van der Waals surface area contributed by atoms with Crippen LogP contribution in [0.1, 0.15) is 20.9 Å². The van der Waals surface area contributed by atoms with Gasteiger partial charge in [0.1, 0.15) is 0 Å². The van der Waals surface area contributed by atoms with E-state index in [1.54, 1.807) is 38.1 Å². The van der Waals surface area contributed by atoms with Gasteiger partial charge in [-0.3, -0.25) is 4.79 Å². The molecule has 28 heavy (non-hydrogen) atoms. The molecule has 0 spiro atoms. The van der Waals surface area contributed by atoms with E-state index in [-0.39, 0.29) is 17.2 Å². The smallest absolute Gasteiger partial charge is 0.395 e. The van der Waals surface area contributed by atoms with E-state index < -0.39 is 12.2 Å². The first-order valence-corrected chi connectivity index (χ1v) is 9.33. The fourth-order valence-electron chi connectivity index (χ4n) is 2.83. The van der Waals surface area contributed by atoms with E-state index in [1.807, 2.05) is 0 Å². The molecule has 1 aliphatic rings. The highest BCUT2D eigenvalue weighted by Crippen LogP contribution is 2.44. The number of nitrogens with one attached hydrogen (secondary N) is 1. The second-order valence-corrected chi connectivity index (χ2v) is 7.57. The van der Waals surface area contributed by atoms with E-state index in [0.717, 1.165) is 33.1 Å². The van der Waals surface area contributed by atoms with Gasteiger partial charge in [-0.15, -0.1) is 8.78 Å². The first-order valence-electron chi connectivity index (χ1n) is 8.17. The molecule has 5 nitrogen and oxygen atoms in total. The van der Waals surface area contributed by atoms with Crippen LogP contribution in [-0.2, 0) is 0 Å². The van der Waals surface area contributed by atoms with Crippen molar-refractivity contribution in [3.05, 3.63) is 57.6 Å². The van der Waals surface area contributed by atoms with E-state index in [0.29, 0.717) is 10.7 Å². The molecule has 0 atom stereocenters. The van der Waals surface area contributed by atoms with Gasteiger partial charge in [0.2, 0.25) is 0 Å². The normalized spacial score (nSPS) is 14.2. The maximum absolute atomic E-state index is 13.2. The quantitative estimate of drug-likeness (QED) is 0.592. The minimum absolute atomic E-state index is 0.00516. The molecular weight excluding hydrogens is 410 g/mol. The predicted octanol–water partition coefficient (Wildman–Crippen LogP) is 5.65. The first kappa shape index (κ1) is 18.6. The van der Waals surface area contributed by atoms with Gasteiger partial charge >= 0.3 is 6.29 Å². The van der Waals surface area contributed by atoms with Gasteiger partial charge in [0.25, 0.3) is 5.91 Å². The zero-order valence-electron chi connectivity index (χ0n) is 14.7. The number of aryl methyl sites for hydroxylation is 2. The zero-order chi connectivity index (χ0) is 20.1. The van der Waals surface area contributed by atoms with Crippen LogP contribution >= 0.6 is 23.1 Å². The highest BCUT2D eigenvalue weighted by molar-refractivity contribution is 7.06. The number of ether oxygens (including phenoxy) is 2. The van der Waals surface area contributed by atoms with Crippen molar-refractivity contribution in [1.82, 2.24) is 4.37 Å². The fraction of sp³-hybridized carbons (Fsp3) is 0.158. The Morgan fingerprint density at radius 2 is 1.79 bits per heavy atom. The number of carbonyl (C=O) groups excluding carboxylic acids is 1. The molecule has 0 saturated heterocycles. The minimum atomic E-state index is -3.66. The molecule has 0 radical (unpaired) electrons. The van der Waals surface area contributed by atoms with Crippen LogP contribution in [0.15, 0.2) is 36.4 Å². The Hall–Kier alpha value is -2.71. The van der Waals surface area contributed by atoms with E-state index in [1.165, 1.54) is 12.1 Å². The number of hydrogen-bond donors (Lipinski definition) is 1. The third-order valence-corrected chi connectivity index (χ3v) is 5.53. The Bertz CT molecular complexity index is 1080. The number of rotatable bonds is 3. The average Bonchev–Trinajstić information content (AvgIpc) is 3.12. The molecule has 1 aromatic heterocycles. The van der Waals surface area contributed by atoms with Gasteiger partial charge in [-0.1, -0.05) is 23.7 Å². The van der Waals surface area contributed by atoms with Crippen LogP contribution < -0.4 is 14.8 Å². The Morgan fingerprint density at radius 3 is 2.39 bits per heavy atom. The molecule has 4 rings (SSSR count). The molecule has 0 unspecified atom stereocenters. The number of benzene rings is 2. The summed E-state index contributed by atoms with van der Waals surface area (Å²) in [5.74, 6) is -0.411. The van der Waals surface area contributed by atoms with Gasteiger partial charge < -0.3 is 14.8 Å². The number of aromatic nitrogens is 1. The fourth-order valence-corrected chi connectivity index (χ4v) is 3.70. The van der Waals surface area contributed by atoms with Crippen molar-refractivity contribution in [3.63, 3.8) is 0 Å². The molecule has 144 valence electrons. The lowest BCUT2D eigenvalue weighted by Crippen LogP contribution is -2.25. The standard InChI is InChI=1S/C19H13ClF2N2O3S/c1-9-7-14-15(27-19(21,22)26-14)8-13(9)11-3-5-12(6-4-11)23-18(25)17-16(20)10(2)28-24-17/h3-8H,1-2H3,(H,23,25). The average molecular weight is 423 g/mol. The molecule has 2 aromatic carbocycles. The van der Waals surface area contributed by atoms with Crippen LogP contribution in [0.3, 0.4) is 0 Å². The molecule has 0 saturated carbocycles. The molecule has 0 bridgehead atoms. The summed E-state index contributed by atoms with van der Waals surface area (Å²) in [6.07, 6.45) is -3.66. The van der Waals surface area contributed by atoms with Crippen molar-refractivity contribution in [3.8, 4) is 22.6 Å². The van der Waals surface area contributed by atoms with E-state index >= 15 is 0 Å². The number of alkyl halides is 2. The molecule has 0 fully saturated rings. The summed E-state index contributed by atoms with van der Waals surface area (Å²) in [6, 6.07) is 9.97. The second-order valence-electron chi connectivity index (χ2n) is 6.21. The SMILES string of the molecule is Cc1cc2c(cc1-c1ccc(NC(=O)c3nsc(C)c3Cl)cc1)OC(F)(F)O2. The highest BCUT2D eigenvalue weighted by Gasteiger charge is 2.43. The summed E-state index contributed by atoms with van der Waals surface area (Å²) in [5.41, 5.74) is 2.98. The third kappa shape index (κ3) is 3.41. The van der Waals surface area contributed by atoms with Crippen LogP contribution in [0, 0.1) is 13.8 Å². The van der Waals surface area contributed by atoms with Crippen molar-refractivity contribution in [2.75, 3.05) is 5.32 Å². The summed E-state index contributed by atoms with van der Waals surface area (Å²) < 4.78 is 39.5. The number of amides is 1. The van der Waals surface area contributed by atoms with E-state index in [9.17, 15) is 13.6 Å². The largest absolute Gasteiger partial charge is 0.586 e. The number of halogens is 3. The van der Waals surface area contributed by atoms with E-state index in [2.05, 4.69) is 19.2 Å². The third-order valence-electron chi connectivity index (χ3n) is 4.21. The van der Waals surface area contributed by atoms with Gasteiger partial charge in [0, 0.05) is 10.6 Å². The monoisotopic (exact) mass is 422 g/mol. The molecule has 1 aliphatic heterocycles. The summed E-state index contributed by atoms with van der Waals surface area (Å²) in [7, 11) is 0. The van der Waals surface area contributed by atoms with Crippen LogP contribution in [-0.4, -0.2) is 16.6 Å². The second kappa shape index (κ2) is 6.72. The van der Waals surface area contributed by atoms with Gasteiger partial charge in [0.05, 0.1) is 5.02 Å². The van der Waals surface area contributed by atoms with Crippen molar-refractivity contribution in [1.29, 1.82) is 0 Å². The molecule has 2 heterocycles. The molecule has 0 aliphatic carbocycles. The summed E-state index contributed by atoms with van der Waals surface area (Å²) in [4.78, 5) is 13.1. The summed E-state index contributed by atoms with van der Waals surface area (Å²) in [6.45, 7) is 3.58. The maximum atomic E-state index is 13.2. The van der Waals surface area contributed by atoms with E-state index in [4.69, 9.17) is 11.6 Å². The van der Waals surface area contributed by atoms with Crippen molar-refractivity contribution in [2.24, 2.45) is 0 Å². The molecule has 3 aromatic rings. The van der Waals surface area contributed by atoms with Crippen molar-refractivity contribution in [2.45, 2.75) is 20.1 Å². The van der Waals surface area contributed by atoms with Crippen molar-refractivity contribution >= 4 is 34.7 Å². The molecule has 1 amide bonds. The Kier molecular flexibility index (Phi) is 4.47. The van der Waals surface area contributed by atoms with Crippen LogP contribution in [0.5, 0.6) is 11.5 Å². The van der Waals surface area contributed by atoms with Crippen LogP contribution in [0.4, 0.5) is 14.5 Å². The lowest BCUT2D eigenvalue weighted by Gasteiger charge is -2.09. The molecule has 9 heteroatoms. The topological polar surface area (TPSA) is 60.5 Å².